The van der Waals surface area contributed by atoms with Crippen molar-refractivity contribution in [3.8, 4) is 0 Å². The van der Waals surface area contributed by atoms with Crippen molar-refractivity contribution >= 4 is 22.5 Å². The van der Waals surface area contributed by atoms with Gasteiger partial charge in [-0.25, -0.2) is 0 Å². The van der Waals surface area contributed by atoms with Gasteiger partial charge in [-0.05, 0) is 24.6 Å². The number of fused-ring (bicyclic) bond motifs is 1. The molecule has 0 aliphatic rings. The number of H-pyrrole nitrogens is 1. The molecule has 1 aromatic heterocycles. The number of halogens is 1. The Bertz CT molecular complexity index is 431. The smallest absolute Gasteiger partial charge is 0.0503 e. The van der Waals surface area contributed by atoms with Gasteiger partial charge < -0.3 is 10.7 Å². The molecule has 0 saturated heterocycles. The van der Waals surface area contributed by atoms with E-state index in [0.29, 0.717) is 0 Å². The molecule has 0 saturated carbocycles. The van der Waals surface area contributed by atoms with Gasteiger partial charge in [0.05, 0.1) is 5.02 Å². The predicted molar refractivity (Wildman–Crippen MR) is 55.9 cm³/mol. The van der Waals surface area contributed by atoms with E-state index < -0.39 is 0 Å². The Morgan fingerprint density at radius 1 is 1.46 bits per heavy atom. The molecule has 0 bridgehead atoms. The Hall–Kier alpha value is -0.990. The lowest BCUT2D eigenvalue weighted by molar-refractivity contribution is 0.826. The summed E-state index contributed by atoms with van der Waals surface area (Å²) in [6.07, 6.45) is 1.92. The van der Waals surface area contributed by atoms with Crippen LogP contribution in [0.2, 0.25) is 5.02 Å². The predicted octanol–water partition coefficient (Wildman–Crippen LogP) is 2.84. The summed E-state index contributed by atoms with van der Waals surface area (Å²) in [6, 6.07) is 5.80. The minimum atomic E-state index is 0.00801. The highest BCUT2D eigenvalue weighted by Gasteiger charge is 2.09. The van der Waals surface area contributed by atoms with Gasteiger partial charge >= 0.3 is 0 Å². The van der Waals surface area contributed by atoms with Crippen LogP contribution in [0.4, 0.5) is 0 Å². The highest BCUT2D eigenvalue weighted by atomic mass is 35.5. The normalized spacial score (nSPS) is 13.5. The molecular weight excluding hydrogens is 184 g/mol. The maximum Gasteiger partial charge on any atom is 0.0503 e. The molecule has 3 N–H and O–H groups in total. The number of aromatic amines is 1. The van der Waals surface area contributed by atoms with Gasteiger partial charge in [0.2, 0.25) is 0 Å². The third-order valence-corrected chi connectivity index (χ3v) is 2.49. The fourth-order valence-corrected chi connectivity index (χ4v) is 1.81. The summed E-state index contributed by atoms with van der Waals surface area (Å²) >= 11 is 6.07. The van der Waals surface area contributed by atoms with E-state index in [0.717, 1.165) is 21.5 Å². The van der Waals surface area contributed by atoms with Crippen LogP contribution in [0.15, 0.2) is 24.4 Å². The molecule has 68 valence electrons. The van der Waals surface area contributed by atoms with E-state index in [1.54, 1.807) is 0 Å². The minimum Gasteiger partial charge on any atom is -0.361 e. The minimum absolute atomic E-state index is 0.00801. The molecule has 0 unspecified atom stereocenters. The summed E-state index contributed by atoms with van der Waals surface area (Å²) in [5, 5.41) is 1.80. The molecule has 0 radical (unpaired) electrons. The van der Waals surface area contributed by atoms with Gasteiger partial charge in [0.1, 0.15) is 0 Å². The number of hydrogen-bond acceptors (Lipinski definition) is 1. The third-order valence-electron chi connectivity index (χ3n) is 2.18. The summed E-state index contributed by atoms with van der Waals surface area (Å²) in [5.41, 5.74) is 7.93. The zero-order valence-electron chi connectivity index (χ0n) is 7.34. The van der Waals surface area contributed by atoms with Crippen LogP contribution in [0.1, 0.15) is 18.5 Å². The van der Waals surface area contributed by atoms with Crippen molar-refractivity contribution in [1.82, 2.24) is 4.98 Å². The van der Waals surface area contributed by atoms with Crippen molar-refractivity contribution in [2.24, 2.45) is 5.73 Å². The van der Waals surface area contributed by atoms with E-state index in [9.17, 15) is 0 Å². The Morgan fingerprint density at radius 3 is 2.92 bits per heavy atom. The van der Waals surface area contributed by atoms with Gasteiger partial charge in [-0.1, -0.05) is 17.7 Å². The molecule has 1 heterocycles. The van der Waals surface area contributed by atoms with Crippen LogP contribution in [0.25, 0.3) is 10.9 Å². The summed E-state index contributed by atoms with van der Waals surface area (Å²) in [7, 11) is 0. The second kappa shape index (κ2) is 3.05. The van der Waals surface area contributed by atoms with Gasteiger partial charge in [-0.3, -0.25) is 0 Å². The van der Waals surface area contributed by atoms with E-state index in [2.05, 4.69) is 4.98 Å². The first-order valence-electron chi connectivity index (χ1n) is 4.21. The third kappa shape index (κ3) is 1.32. The summed E-state index contributed by atoms with van der Waals surface area (Å²) < 4.78 is 0. The number of rotatable bonds is 1. The average Bonchev–Trinajstić information content (AvgIpc) is 2.49. The lowest BCUT2D eigenvalue weighted by atomic mass is 10.1. The second-order valence-electron chi connectivity index (χ2n) is 3.20. The Labute approximate surface area is 81.7 Å². The number of hydrogen-bond donors (Lipinski definition) is 2. The van der Waals surface area contributed by atoms with Crippen molar-refractivity contribution in [2.75, 3.05) is 0 Å². The molecule has 2 rings (SSSR count). The van der Waals surface area contributed by atoms with Gasteiger partial charge in [0, 0.05) is 23.1 Å². The molecule has 1 atom stereocenters. The van der Waals surface area contributed by atoms with Crippen LogP contribution in [0.5, 0.6) is 0 Å². The van der Waals surface area contributed by atoms with E-state index >= 15 is 0 Å². The van der Waals surface area contributed by atoms with Gasteiger partial charge in [0.25, 0.3) is 0 Å². The topological polar surface area (TPSA) is 41.8 Å². The largest absolute Gasteiger partial charge is 0.361 e. The van der Waals surface area contributed by atoms with E-state index in [-0.39, 0.29) is 6.04 Å². The number of nitrogens with two attached hydrogens (primary N) is 1. The monoisotopic (exact) mass is 194 g/mol. The fraction of sp³-hybridized carbons (Fsp3) is 0.200. The van der Waals surface area contributed by atoms with Crippen molar-refractivity contribution in [2.45, 2.75) is 13.0 Å². The molecule has 13 heavy (non-hydrogen) atoms. The molecule has 0 fully saturated rings. The maximum absolute atomic E-state index is 6.07. The number of benzene rings is 1. The quantitative estimate of drug-likeness (QED) is 0.720. The Balaban J connectivity index is 2.79. The molecule has 2 nitrogen and oxygen atoms in total. The van der Waals surface area contributed by atoms with E-state index in [1.807, 2.05) is 31.3 Å². The lowest BCUT2D eigenvalue weighted by Crippen LogP contribution is -2.03. The van der Waals surface area contributed by atoms with Crippen molar-refractivity contribution in [3.63, 3.8) is 0 Å². The summed E-state index contributed by atoms with van der Waals surface area (Å²) in [5.74, 6) is 0. The number of nitrogens with one attached hydrogen (secondary N) is 1. The molecule has 0 amide bonds. The van der Waals surface area contributed by atoms with Crippen LogP contribution in [0, 0.1) is 0 Å². The first-order valence-corrected chi connectivity index (χ1v) is 4.59. The molecule has 1 aromatic carbocycles. The van der Waals surface area contributed by atoms with Crippen molar-refractivity contribution in [1.29, 1.82) is 0 Å². The molecule has 2 aromatic rings. The highest BCUT2D eigenvalue weighted by Crippen LogP contribution is 2.29. The van der Waals surface area contributed by atoms with Crippen molar-refractivity contribution in [3.05, 3.63) is 35.0 Å². The van der Waals surface area contributed by atoms with Crippen LogP contribution in [0.3, 0.4) is 0 Å². The molecule has 0 aliphatic carbocycles. The van der Waals surface area contributed by atoms with Crippen molar-refractivity contribution < 1.29 is 0 Å². The van der Waals surface area contributed by atoms with Crippen LogP contribution >= 0.6 is 11.6 Å². The zero-order chi connectivity index (χ0) is 9.42. The highest BCUT2D eigenvalue weighted by molar-refractivity contribution is 6.35. The number of aromatic nitrogens is 1. The van der Waals surface area contributed by atoms with Crippen LogP contribution in [-0.4, -0.2) is 4.98 Å². The maximum atomic E-state index is 6.07. The standard InChI is InChI=1S/C10H11ClN2/c1-6(12)7-5-13-9-4-2-3-8(11)10(7)9/h2-6,13H,12H2,1H3/t6-/m0/s1. The average molecular weight is 195 g/mol. The molecule has 0 aliphatic heterocycles. The Morgan fingerprint density at radius 2 is 2.23 bits per heavy atom. The SMILES string of the molecule is C[C@H](N)c1c[nH]c2cccc(Cl)c12. The first-order chi connectivity index (χ1) is 6.20. The molecule has 3 heteroatoms. The first kappa shape index (κ1) is 8.60. The van der Waals surface area contributed by atoms with E-state index in [1.165, 1.54) is 0 Å². The molecular formula is C10H11ClN2. The lowest BCUT2D eigenvalue weighted by Gasteiger charge is -2.03. The molecule has 0 spiro atoms. The summed E-state index contributed by atoms with van der Waals surface area (Å²) in [4.78, 5) is 3.15. The van der Waals surface area contributed by atoms with Gasteiger partial charge in [-0.2, -0.15) is 0 Å². The Kier molecular flexibility index (Phi) is 2.02. The zero-order valence-corrected chi connectivity index (χ0v) is 8.10. The van der Waals surface area contributed by atoms with E-state index in [4.69, 9.17) is 17.3 Å². The van der Waals surface area contributed by atoms with Gasteiger partial charge in [0.15, 0.2) is 0 Å². The van der Waals surface area contributed by atoms with Gasteiger partial charge in [-0.15, -0.1) is 0 Å². The second-order valence-corrected chi connectivity index (χ2v) is 3.60. The van der Waals surface area contributed by atoms with Crippen LogP contribution in [-0.2, 0) is 0 Å². The fourth-order valence-electron chi connectivity index (χ4n) is 1.52. The van der Waals surface area contributed by atoms with Crippen LogP contribution < -0.4 is 5.73 Å². The summed E-state index contributed by atoms with van der Waals surface area (Å²) in [6.45, 7) is 1.95.